The van der Waals surface area contributed by atoms with Crippen molar-refractivity contribution in [1.82, 2.24) is 5.32 Å². The van der Waals surface area contributed by atoms with E-state index in [4.69, 9.17) is 16.3 Å². The Hall–Kier alpha value is -2.34. The maximum atomic E-state index is 12.9. The van der Waals surface area contributed by atoms with Crippen molar-refractivity contribution in [1.29, 1.82) is 0 Å². The van der Waals surface area contributed by atoms with Crippen molar-refractivity contribution in [3.63, 3.8) is 0 Å². The molecule has 2 aromatic carbocycles. The number of rotatable bonds is 5. The van der Waals surface area contributed by atoms with Gasteiger partial charge in [0.1, 0.15) is 12.4 Å². The van der Waals surface area contributed by atoms with Gasteiger partial charge in [0.05, 0.1) is 6.54 Å². The minimum absolute atomic E-state index is 0.119. The first-order valence-corrected chi connectivity index (χ1v) is 6.80. The second-order valence-electron chi connectivity index (χ2n) is 4.32. The number of carbonyl (C=O) groups excluding carboxylic acids is 1. The average molecular weight is 327 g/mol. The lowest BCUT2D eigenvalue weighted by Crippen LogP contribution is -2.32. The first kappa shape index (κ1) is 16.0. The highest BCUT2D eigenvalue weighted by atomic mass is 35.5. The molecule has 0 atom stereocenters. The van der Waals surface area contributed by atoms with E-state index >= 15 is 0 Å². The zero-order valence-corrected chi connectivity index (χ0v) is 12.2. The molecule has 0 aliphatic heterocycles. The first-order chi connectivity index (χ1) is 10.5. The van der Waals surface area contributed by atoms with Gasteiger partial charge in [-0.2, -0.15) is 0 Å². The Morgan fingerprint density at radius 1 is 1.14 bits per heavy atom. The fraction of sp³-hybridized carbons (Fsp3) is 0.133. The predicted molar refractivity (Wildman–Crippen MR) is 80.3 cm³/mol. The van der Waals surface area contributed by atoms with Crippen LogP contribution in [0, 0.1) is 11.6 Å². The van der Waals surface area contributed by atoms with Crippen LogP contribution in [0.2, 0.25) is 5.02 Å². The van der Waals surface area contributed by atoms with Crippen LogP contribution in [0.4, 0.5) is 19.3 Å². The number of anilines is 1. The number of urea groups is 1. The maximum Gasteiger partial charge on any atom is 0.319 e. The van der Waals surface area contributed by atoms with Crippen LogP contribution in [0.5, 0.6) is 5.75 Å². The van der Waals surface area contributed by atoms with E-state index in [1.165, 1.54) is 6.07 Å². The van der Waals surface area contributed by atoms with Crippen LogP contribution < -0.4 is 15.4 Å². The van der Waals surface area contributed by atoms with E-state index in [1.54, 1.807) is 24.3 Å². The van der Waals surface area contributed by atoms with Crippen LogP contribution in [-0.4, -0.2) is 19.2 Å². The zero-order valence-electron chi connectivity index (χ0n) is 11.4. The van der Waals surface area contributed by atoms with Crippen LogP contribution in [-0.2, 0) is 0 Å². The normalized spacial score (nSPS) is 10.1. The molecular formula is C15H13ClF2N2O2. The summed E-state index contributed by atoms with van der Waals surface area (Å²) in [5.41, 5.74) is 0.562. The number of carbonyl (C=O) groups is 1. The van der Waals surface area contributed by atoms with Gasteiger partial charge in [0.2, 0.25) is 0 Å². The van der Waals surface area contributed by atoms with Gasteiger partial charge in [0.15, 0.2) is 11.6 Å². The highest BCUT2D eigenvalue weighted by Crippen LogP contribution is 2.15. The summed E-state index contributed by atoms with van der Waals surface area (Å²) in [6, 6.07) is 9.53. The number of hydrogen-bond donors (Lipinski definition) is 2. The Balaban J connectivity index is 1.72. The molecule has 0 aromatic heterocycles. The molecule has 0 aliphatic rings. The van der Waals surface area contributed by atoms with Crippen molar-refractivity contribution in [2.24, 2.45) is 0 Å². The van der Waals surface area contributed by atoms with Crippen molar-refractivity contribution in [2.75, 3.05) is 18.5 Å². The van der Waals surface area contributed by atoms with Crippen LogP contribution in [0.15, 0.2) is 42.5 Å². The smallest absolute Gasteiger partial charge is 0.319 e. The summed E-state index contributed by atoms with van der Waals surface area (Å²) < 4.78 is 30.9. The highest BCUT2D eigenvalue weighted by molar-refractivity contribution is 6.30. The molecule has 0 heterocycles. The molecule has 0 spiro atoms. The average Bonchev–Trinajstić information content (AvgIpc) is 2.47. The molecular weight excluding hydrogens is 314 g/mol. The van der Waals surface area contributed by atoms with Crippen LogP contribution in [0.1, 0.15) is 0 Å². The lowest BCUT2D eigenvalue weighted by atomic mass is 10.3. The number of amides is 2. The number of ether oxygens (including phenoxy) is 1. The van der Waals surface area contributed by atoms with Crippen molar-refractivity contribution in [2.45, 2.75) is 0 Å². The molecule has 22 heavy (non-hydrogen) atoms. The Morgan fingerprint density at radius 2 is 1.95 bits per heavy atom. The summed E-state index contributed by atoms with van der Waals surface area (Å²) in [5, 5.41) is 5.67. The third-order valence-electron chi connectivity index (χ3n) is 2.63. The van der Waals surface area contributed by atoms with Gasteiger partial charge in [-0.1, -0.05) is 17.7 Å². The Bertz CT molecular complexity index is 668. The Morgan fingerprint density at radius 3 is 2.68 bits per heavy atom. The quantitative estimate of drug-likeness (QED) is 0.821. The first-order valence-electron chi connectivity index (χ1n) is 6.43. The van der Waals surface area contributed by atoms with Crippen LogP contribution >= 0.6 is 11.6 Å². The molecule has 0 unspecified atom stereocenters. The molecule has 0 saturated heterocycles. The summed E-state index contributed by atoms with van der Waals surface area (Å²) in [7, 11) is 0. The van der Waals surface area contributed by atoms with Gasteiger partial charge in [-0.25, -0.2) is 13.6 Å². The highest BCUT2D eigenvalue weighted by Gasteiger charge is 2.04. The van der Waals surface area contributed by atoms with E-state index in [2.05, 4.69) is 10.6 Å². The molecule has 116 valence electrons. The number of benzene rings is 2. The van der Waals surface area contributed by atoms with Gasteiger partial charge in [0, 0.05) is 16.8 Å². The minimum Gasteiger partial charge on any atom is -0.492 e. The predicted octanol–water partition coefficient (Wildman–Crippen LogP) is 3.82. The van der Waals surface area contributed by atoms with Crippen molar-refractivity contribution in [3.8, 4) is 5.75 Å². The zero-order chi connectivity index (χ0) is 15.9. The molecule has 2 aromatic rings. The number of halogens is 3. The van der Waals surface area contributed by atoms with E-state index in [-0.39, 0.29) is 18.9 Å². The topological polar surface area (TPSA) is 50.4 Å². The van der Waals surface area contributed by atoms with Gasteiger partial charge in [0.25, 0.3) is 0 Å². The van der Waals surface area contributed by atoms with Crippen LogP contribution in [0.3, 0.4) is 0 Å². The molecule has 0 aliphatic carbocycles. The summed E-state index contributed by atoms with van der Waals surface area (Å²) in [6.45, 7) is 0.319. The second-order valence-corrected chi connectivity index (χ2v) is 4.75. The second kappa shape index (κ2) is 7.61. The van der Waals surface area contributed by atoms with Gasteiger partial charge in [-0.15, -0.1) is 0 Å². The van der Waals surface area contributed by atoms with Gasteiger partial charge < -0.3 is 15.4 Å². The van der Waals surface area contributed by atoms with Crippen molar-refractivity contribution in [3.05, 3.63) is 59.1 Å². The summed E-state index contributed by atoms with van der Waals surface area (Å²) in [6.07, 6.45) is 0. The largest absolute Gasteiger partial charge is 0.492 e. The van der Waals surface area contributed by atoms with E-state index < -0.39 is 17.7 Å². The Labute approximate surface area is 131 Å². The summed E-state index contributed by atoms with van der Waals surface area (Å²) in [5.74, 6) is -1.73. The third-order valence-corrected chi connectivity index (χ3v) is 2.86. The van der Waals surface area contributed by atoms with E-state index in [0.717, 1.165) is 12.1 Å². The van der Waals surface area contributed by atoms with E-state index in [1.807, 2.05) is 0 Å². The van der Waals surface area contributed by atoms with E-state index in [9.17, 15) is 13.6 Å². The summed E-state index contributed by atoms with van der Waals surface area (Å²) >= 11 is 5.80. The Kier molecular flexibility index (Phi) is 5.55. The fourth-order valence-electron chi connectivity index (χ4n) is 1.64. The van der Waals surface area contributed by atoms with Gasteiger partial charge in [-0.05, 0) is 30.3 Å². The molecule has 2 N–H and O–H groups in total. The molecule has 7 heteroatoms. The van der Waals surface area contributed by atoms with Crippen molar-refractivity contribution < 1.29 is 18.3 Å². The molecule has 0 saturated carbocycles. The molecule has 0 fully saturated rings. The lowest BCUT2D eigenvalue weighted by molar-refractivity contribution is 0.247. The molecule has 4 nitrogen and oxygen atoms in total. The monoisotopic (exact) mass is 326 g/mol. The lowest BCUT2D eigenvalue weighted by Gasteiger charge is -2.09. The van der Waals surface area contributed by atoms with Crippen molar-refractivity contribution >= 4 is 23.3 Å². The van der Waals surface area contributed by atoms with Gasteiger partial charge in [-0.3, -0.25) is 0 Å². The maximum absolute atomic E-state index is 12.9. The molecule has 0 bridgehead atoms. The summed E-state index contributed by atoms with van der Waals surface area (Å²) in [4.78, 5) is 11.6. The molecule has 2 amide bonds. The van der Waals surface area contributed by atoms with E-state index in [0.29, 0.717) is 10.7 Å². The standard InChI is InChI=1S/C15H13ClF2N2O2/c16-10-2-1-3-11(8-10)20-15(21)19-6-7-22-12-4-5-13(17)14(18)9-12/h1-5,8-9H,6-7H2,(H2,19,20,21). The molecule has 0 radical (unpaired) electrons. The minimum atomic E-state index is -0.982. The fourth-order valence-corrected chi connectivity index (χ4v) is 1.83. The van der Waals surface area contributed by atoms with Crippen LogP contribution in [0.25, 0.3) is 0 Å². The third kappa shape index (κ3) is 4.89. The molecule has 2 rings (SSSR count). The SMILES string of the molecule is O=C(NCCOc1ccc(F)c(F)c1)Nc1cccc(Cl)c1. The number of hydrogen-bond acceptors (Lipinski definition) is 2. The van der Waals surface area contributed by atoms with Gasteiger partial charge >= 0.3 is 6.03 Å². The number of nitrogens with one attached hydrogen (secondary N) is 2.